The molecule has 1 aliphatic heterocycles. The molecule has 0 aliphatic carbocycles. The number of anilines is 2. The maximum absolute atomic E-state index is 5.01. The molecule has 19 heavy (non-hydrogen) atoms. The number of rotatable bonds is 6. The van der Waals surface area contributed by atoms with Crippen LogP contribution in [0.2, 0.25) is 0 Å². The van der Waals surface area contributed by atoms with Crippen molar-refractivity contribution >= 4 is 11.8 Å². The zero-order chi connectivity index (χ0) is 13.5. The van der Waals surface area contributed by atoms with Crippen molar-refractivity contribution in [3.63, 3.8) is 0 Å². The van der Waals surface area contributed by atoms with Gasteiger partial charge in [0.1, 0.15) is 0 Å². The third-order valence-electron chi connectivity index (χ3n) is 3.52. The van der Waals surface area contributed by atoms with Gasteiger partial charge in [-0.25, -0.2) is 0 Å². The molecule has 6 nitrogen and oxygen atoms in total. The van der Waals surface area contributed by atoms with Crippen molar-refractivity contribution in [2.24, 2.45) is 0 Å². The number of aromatic nitrogens is 3. The fourth-order valence-electron chi connectivity index (χ4n) is 2.47. The molecule has 1 N–H and O–H groups in total. The van der Waals surface area contributed by atoms with E-state index >= 15 is 0 Å². The average molecular weight is 265 g/mol. The number of nitrogens with one attached hydrogen (secondary N) is 1. The first-order valence-corrected chi connectivity index (χ1v) is 7.04. The second-order valence-electron chi connectivity index (χ2n) is 4.81. The SMILES string of the molecule is CCC1CCCCN1c1nncc(NCCOC)n1. The van der Waals surface area contributed by atoms with Crippen LogP contribution < -0.4 is 10.2 Å². The third-order valence-corrected chi connectivity index (χ3v) is 3.52. The Labute approximate surface area is 114 Å². The van der Waals surface area contributed by atoms with E-state index in [1.807, 2.05) is 0 Å². The fraction of sp³-hybridized carbons (Fsp3) is 0.769. The lowest BCUT2D eigenvalue weighted by molar-refractivity contribution is 0.210. The Morgan fingerprint density at radius 2 is 2.37 bits per heavy atom. The van der Waals surface area contributed by atoms with Gasteiger partial charge in [0.15, 0.2) is 5.82 Å². The summed E-state index contributed by atoms with van der Waals surface area (Å²) in [4.78, 5) is 6.84. The van der Waals surface area contributed by atoms with E-state index < -0.39 is 0 Å². The zero-order valence-electron chi connectivity index (χ0n) is 11.8. The zero-order valence-corrected chi connectivity index (χ0v) is 11.8. The lowest BCUT2D eigenvalue weighted by Gasteiger charge is -2.34. The van der Waals surface area contributed by atoms with Crippen molar-refractivity contribution in [2.45, 2.75) is 38.6 Å². The van der Waals surface area contributed by atoms with Crippen LogP contribution in [-0.2, 0) is 4.74 Å². The van der Waals surface area contributed by atoms with Gasteiger partial charge in [0, 0.05) is 26.2 Å². The summed E-state index contributed by atoms with van der Waals surface area (Å²) >= 11 is 0. The molecule has 1 saturated heterocycles. The van der Waals surface area contributed by atoms with Gasteiger partial charge >= 0.3 is 0 Å². The Morgan fingerprint density at radius 3 is 3.16 bits per heavy atom. The van der Waals surface area contributed by atoms with Crippen LogP contribution in [0.5, 0.6) is 0 Å². The third kappa shape index (κ3) is 3.76. The quantitative estimate of drug-likeness (QED) is 0.790. The first kappa shape index (κ1) is 14.0. The molecule has 1 unspecified atom stereocenters. The van der Waals surface area contributed by atoms with Crippen molar-refractivity contribution in [1.29, 1.82) is 0 Å². The van der Waals surface area contributed by atoms with Crippen LogP contribution in [0.25, 0.3) is 0 Å². The average Bonchev–Trinajstić information content (AvgIpc) is 2.48. The number of nitrogens with zero attached hydrogens (tertiary/aromatic N) is 4. The molecule has 0 amide bonds. The summed E-state index contributed by atoms with van der Waals surface area (Å²) in [6.07, 6.45) is 6.52. The van der Waals surface area contributed by atoms with E-state index in [-0.39, 0.29) is 0 Å². The minimum atomic E-state index is 0.546. The minimum Gasteiger partial charge on any atom is -0.383 e. The summed E-state index contributed by atoms with van der Waals surface area (Å²) in [5.74, 6) is 1.51. The molecule has 1 aliphatic rings. The molecule has 0 saturated carbocycles. The number of ether oxygens (including phenoxy) is 1. The Hall–Kier alpha value is -1.43. The summed E-state index contributed by atoms with van der Waals surface area (Å²) in [6, 6.07) is 0.546. The standard InChI is InChI=1S/C13H23N5O/c1-3-11-6-4-5-8-18(11)13-16-12(10-15-17-13)14-7-9-19-2/h10-11H,3-9H2,1-2H3,(H,14,16,17). The number of hydrogen-bond acceptors (Lipinski definition) is 6. The van der Waals surface area contributed by atoms with Gasteiger partial charge in [-0.15, -0.1) is 5.10 Å². The van der Waals surface area contributed by atoms with Gasteiger partial charge in [0.05, 0.1) is 12.8 Å². The van der Waals surface area contributed by atoms with Gasteiger partial charge < -0.3 is 15.0 Å². The first-order chi connectivity index (χ1) is 9.35. The van der Waals surface area contributed by atoms with Gasteiger partial charge in [-0.1, -0.05) is 6.92 Å². The Morgan fingerprint density at radius 1 is 1.47 bits per heavy atom. The number of methoxy groups -OCH3 is 1. The molecule has 2 heterocycles. The van der Waals surface area contributed by atoms with Crippen LogP contribution in [0.15, 0.2) is 6.20 Å². The highest BCUT2D eigenvalue weighted by atomic mass is 16.5. The largest absolute Gasteiger partial charge is 0.383 e. The Kier molecular flexibility index (Phi) is 5.32. The smallest absolute Gasteiger partial charge is 0.247 e. The lowest BCUT2D eigenvalue weighted by Crippen LogP contribution is -2.40. The first-order valence-electron chi connectivity index (χ1n) is 7.04. The van der Waals surface area contributed by atoms with Gasteiger partial charge in [-0.2, -0.15) is 10.1 Å². The maximum atomic E-state index is 5.01. The van der Waals surface area contributed by atoms with E-state index in [1.165, 1.54) is 19.3 Å². The van der Waals surface area contributed by atoms with Crippen molar-refractivity contribution in [3.05, 3.63) is 6.20 Å². The second kappa shape index (κ2) is 7.23. The van der Waals surface area contributed by atoms with E-state index in [2.05, 4.69) is 32.3 Å². The summed E-state index contributed by atoms with van der Waals surface area (Å²) in [7, 11) is 1.69. The molecule has 106 valence electrons. The lowest BCUT2D eigenvalue weighted by atomic mass is 10.0. The normalized spacial score (nSPS) is 19.5. The monoisotopic (exact) mass is 265 g/mol. The molecule has 1 fully saturated rings. The summed E-state index contributed by atoms with van der Waals surface area (Å²) in [6.45, 7) is 4.63. The van der Waals surface area contributed by atoms with Crippen molar-refractivity contribution < 1.29 is 4.74 Å². The van der Waals surface area contributed by atoms with E-state index in [4.69, 9.17) is 4.74 Å². The van der Waals surface area contributed by atoms with Crippen LogP contribution >= 0.6 is 0 Å². The Bertz CT molecular complexity index is 387. The fourth-order valence-corrected chi connectivity index (χ4v) is 2.47. The van der Waals surface area contributed by atoms with Gasteiger partial charge in [-0.3, -0.25) is 0 Å². The molecular weight excluding hydrogens is 242 g/mol. The molecule has 1 atom stereocenters. The maximum Gasteiger partial charge on any atom is 0.247 e. The minimum absolute atomic E-state index is 0.546. The molecule has 1 aromatic heterocycles. The van der Waals surface area contributed by atoms with Gasteiger partial charge in [0.2, 0.25) is 5.95 Å². The van der Waals surface area contributed by atoms with E-state index in [0.717, 1.165) is 31.3 Å². The summed E-state index contributed by atoms with van der Waals surface area (Å²) < 4.78 is 5.01. The van der Waals surface area contributed by atoms with Gasteiger partial charge in [-0.05, 0) is 25.7 Å². The highest BCUT2D eigenvalue weighted by molar-refractivity contribution is 5.40. The van der Waals surface area contributed by atoms with E-state index in [0.29, 0.717) is 12.6 Å². The van der Waals surface area contributed by atoms with E-state index in [1.54, 1.807) is 13.3 Å². The molecule has 0 bridgehead atoms. The summed E-state index contributed by atoms with van der Waals surface area (Å²) in [5.41, 5.74) is 0. The predicted molar refractivity (Wildman–Crippen MR) is 75.5 cm³/mol. The van der Waals surface area contributed by atoms with Crippen LogP contribution in [0.3, 0.4) is 0 Å². The van der Waals surface area contributed by atoms with E-state index in [9.17, 15) is 0 Å². The highest BCUT2D eigenvalue weighted by Crippen LogP contribution is 2.23. The molecule has 1 aromatic rings. The van der Waals surface area contributed by atoms with Crippen molar-refractivity contribution in [2.75, 3.05) is 37.0 Å². The molecule has 0 aromatic carbocycles. The summed E-state index contributed by atoms with van der Waals surface area (Å²) in [5, 5.41) is 11.4. The highest BCUT2D eigenvalue weighted by Gasteiger charge is 2.23. The second-order valence-corrected chi connectivity index (χ2v) is 4.81. The van der Waals surface area contributed by atoms with Crippen molar-refractivity contribution in [3.8, 4) is 0 Å². The molecule has 6 heteroatoms. The van der Waals surface area contributed by atoms with Gasteiger partial charge in [0.25, 0.3) is 0 Å². The molecule has 2 rings (SSSR count). The van der Waals surface area contributed by atoms with Crippen LogP contribution in [0.4, 0.5) is 11.8 Å². The Balaban J connectivity index is 2.04. The molecule has 0 spiro atoms. The van der Waals surface area contributed by atoms with Crippen LogP contribution in [-0.4, -0.2) is 48.0 Å². The number of hydrogen-bond donors (Lipinski definition) is 1. The molecular formula is C13H23N5O. The van der Waals surface area contributed by atoms with Crippen LogP contribution in [0.1, 0.15) is 32.6 Å². The van der Waals surface area contributed by atoms with Crippen molar-refractivity contribution in [1.82, 2.24) is 15.2 Å². The topological polar surface area (TPSA) is 63.2 Å². The predicted octanol–water partition coefficient (Wildman–Crippen LogP) is 1.70. The number of piperidine rings is 1. The molecule has 0 radical (unpaired) electrons. The van der Waals surface area contributed by atoms with Crippen LogP contribution in [0, 0.1) is 0 Å².